The van der Waals surface area contributed by atoms with Gasteiger partial charge >= 0.3 is 6.18 Å². The second kappa shape index (κ2) is 5.69. The standard InChI is InChI=1S/C13H21F3N2O/c14-13(15,16)10-5-3-9(4-6-10)12(19)18-11(7-17)8-1-2-8/h8-11H,1-7,17H2,(H,18,19). The highest BCUT2D eigenvalue weighted by atomic mass is 19.4. The van der Waals surface area contributed by atoms with Crippen LogP contribution in [0.25, 0.3) is 0 Å². The van der Waals surface area contributed by atoms with Crippen LogP contribution in [-0.4, -0.2) is 24.7 Å². The first-order valence-electron chi connectivity index (χ1n) is 6.99. The van der Waals surface area contributed by atoms with Crippen LogP contribution in [0.1, 0.15) is 38.5 Å². The molecule has 19 heavy (non-hydrogen) atoms. The monoisotopic (exact) mass is 278 g/mol. The molecule has 3 N–H and O–H groups in total. The molecule has 110 valence electrons. The van der Waals surface area contributed by atoms with Gasteiger partial charge in [0.25, 0.3) is 0 Å². The smallest absolute Gasteiger partial charge is 0.352 e. The van der Waals surface area contributed by atoms with E-state index in [0.29, 0.717) is 25.3 Å². The maximum atomic E-state index is 12.5. The molecular formula is C13H21F3N2O. The molecule has 2 aliphatic rings. The zero-order valence-electron chi connectivity index (χ0n) is 10.9. The maximum absolute atomic E-state index is 12.5. The van der Waals surface area contributed by atoms with Crippen LogP contribution in [-0.2, 0) is 4.79 Å². The second-order valence-electron chi connectivity index (χ2n) is 5.78. The van der Waals surface area contributed by atoms with Gasteiger partial charge in [0.1, 0.15) is 0 Å². The van der Waals surface area contributed by atoms with E-state index in [0.717, 1.165) is 12.8 Å². The number of alkyl halides is 3. The van der Waals surface area contributed by atoms with Crippen LogP contribution in [0.15, 0.2) is 0 Å². The Balaban J connectivity index is 1.78. The summed E-state index contributed by atoms with van der Waals surface area (Å²) in [6.45, 7) is 0.411. The Bertz CT molecular complexity index is 320. The summed E-state index contributed by atoms with van der Waals surface area (Å²) >= 11 is 0. The Labute approximate surface area is 111 Å². The lowest BCUT2D eigenvalue weighted by Gasteiger charge is -2.30. The van der Waals surface area contributed by atoms with Crippen molar-refractivity contribution in [3.8, 4) is 0 Å². The number of carbonyl (C=O) groups excluding carboxylic acids is 1. The zero-order chi connectivity index (χ0) is 14.0. The lowest BCUT2D eigenvalue weighted by atomic mass is 9.81. The summed E-state index contributed by atoms with van der Waals surface area (Å²) in [7, 11) is 0. The van der Waals surface area contributed by atoms with Crippen LogP contribution in [0.5, 0.6) is 0 Å². The minimum atomic E-state index is -4.12. The van der Waals surface area contributed by atoms with Crippen molar-refractivity contribution in [3.05, 3.63) is 0 Å². The second-order valence-corrected chi connectivity index (χ2v) is 5.78. The van der Waals surface area contributed by atoms with Crippen molar-refractivity contribution < 1.29 is 18.0 Å². The Hall–Kier alpha value is -0.780. The van der Waals surface area contributed by atoms with E-state index in [-0.39, 0.29) is 30.7 Å². The molecule has 0 aliphatic heterocycles. The van der Waals surface area contributed by atoms with E-state index >= 15 is 0 Å². The molecule has 2 aliphatic carbocycles. The summed E-state index contributed by atoms with van der Waals surface area (Å²) in [5.41, 5.74) is 5.61. The molecule has 0 radical (unpaired) electrons. The Kier molecular flexibility index (Phi) is 4.38. The average molecular weight is 278 g/mol. The van der Waals surface area contributed by atoms with E-state index in [1.54, 1.807) is 0 Å². The molecule has 3 nitrogen and oxygen atoms in total. The van der Waals surface area contributed by atoms with Crippen LogP contribution < -0.4 is 11.1 Å². The summed E-state index contributed by atoms with van der Waals surface area (Å²) in [5, 5.41) is 2.91. The number of halogens is 3. The molecule has 2 rings (SSSR count). The predicted octanol–water partition coefficient (Wildman–Crippen LogP) is 2.21. The van der Waals surface area contributed by atoms with Gasteiger partial charge in [0.15, 0.2) is 0 Å². The van der Waals surface area contributed by atoms with E-state index in [1.165, 1.54) is 0 Å². The minimum Gasteiger partial charge on any atom is -0.352 e. The van der Waals surface area contributed by atoms with Crippen molar-refractivity contribution in [2.45, 2.75) is 50.7 Å². The van der Waals surface area contributed by atoms with Crippen LogP contribution in [0.2, 0.25) is 0 Å². The highest BCUT2D eigenvalue weighted by molar-refractivity contribution is 5.79. The van der Waals surface area contributed by atoms with Gasteiger partial charge in [0.2, 0.25) is 5.91 Å². The number of amides is 1. The van der Waals surface area contributed by atoms with Crippen molar-refractivity contribution in [2.75, 3.05) is 6.54 Å². The van der Waals surface area contributed by atoms with E-state index in [9.17, 15) is 18.0 Å². The first-order chi connectivity index (χ1) is 8.91. The van der Waals surface area contributed by atoms with Crippen molar-refractivity contribution in [1.82, 2.24) is 5.32 Å². The molecule has 0 aromatic carbocycles. The molecule has 0 saturated heterocycles. The summed E-state index contributed by atoms with van der Waals surface area (Å²) in [6.07, 6.45) is -1.15. The number of nitrogens with one attached hydrogen (secondary N) is 1. The molecule has 6 heteroatoms. The highest BCUT2D eigenvalue weighted by Gasteiger charge is 2.43. The quantitative estimate of drug-likeness (QED) is 0.828. The summed E-state index contributed by atoms with van der Waals surface area (Å²) in [6, 6.07) is 0.00726. The first-order valence-corrected chi connectivity index (χ1v) is 6.99. The van der Waals surface area contributed by atoms with Gasteiger partial charge in [0.05, 0.1) is 5.92 Å². The number of hydrogen-bond acceptors (Lipinski definition) is 2. The molecule has 0 bridgehead atoms. The molecule has 1 unspecified atom stereocenters. The topological polar surface area (TPSA) is 55.1 Å². The summed E-state index contributed by atoms with van der Waals surface area (Å²) in [4.78, 5) is 12.0. The van der Waals surface area contributed by atoms with Crippen molar-refractivity contribution >= 4 is 5.91 Å². The molecule has 0 aromatic rings. The average Bonchev–Trinajstić information content (AvgIpc) is 3.19. The third-order valence-corrected chi connectivity index (χ3v) is 4.33. The molecule has 2 fully saturated rings. The van der Waals surface area contributed by atoms with Crippen molar-refractivity contribution in [3.63, 3.8) is 0 Å². The third kappa shape index (κ3) is 3.84. The van der Waals surface area contributed by atoms with E-state index in [1.807, 2.05) is 0 Å². The van der Waals surface area contributed by atoms with E-state index < -0.39 is 12.1 Å². The van der Waals surface area contributed by atoms with Gasteiger partial charge in [-0.15, -0.1) is 0 Å². The van der Waals surface area contributed by atoms with Crippen LogP contribution >= 0.6 is 0 Å². The van der Waals surface area contributed by atoms with Gasteiger partial charge in [-0.2, -0.15) is 13.2 Å². The molecule has 0 spiro atoms. The molecule has 0 heterocycles. The predicted molar refractivity (Wildman–Crippen MR) is 65.2 cm³/mol. The van der Waals surface area contributed by atoms with E-state index in [2.05, 4.69) is 5.32 Å². The Morgan fingerprint density at radius 2 is 1.74 bits per heavy atom. The Morgan fingerprint density at radius 1 is 1.16 bits per heavy atom. The van der Waals surface area contributed by atoms with Gasteiger partial charge in [-0.05, 0) is 44.4 Å². The number of rotatable bonds is 4. The normalized spacial score (nSPS) is 29.9. The number of nitrogens with two attached hydrogens (primary N) is 1. The lowest BCUT2D eigenvalue weighted by molar-refractivity contribution is -0.184. The van der Waals surface area contributed by atoms with Crippen molar-refractivity contribution in [1.29, 1.82) is 0 Å². The van der Waals surface area contributed by atoms with Gasteiger partial charge in [-0.3, -0.25) is 4.79 Å². The number of carbonyl (C=O) groups is 1. The number of hydrogen-bond donors (Lipinski definition) is 2. The largest absolute Gasteiger partial charge is 0.391 e. The van der Waals surface area contributed by atoms with E-state index in [4.69, 9.17) is 5.73 Å². The molecule has 1 amide bonds. The molecule has 0 aromatic heterocycles. The van der Waals surface area contributed by atoms with Crippen LogP contribution in [0, 0.1) is 17.8 Å². The van der Waals surface area contributed by atoms with Gasteiger partial charge in [-0.25, -0.2) is 0 Å². The fraction of sp³-hybridized carbons (Fsp3) is 0.923. The maximum Gasteiger partial charge on any atom is 0.391 e. The highest BCUT2D eigenvalue weighted by Crippen LogP contribution is 2.39. The minimum absolute atomic E-state index is 0.00726. The molecule has 1 atom stereocenters. The summed E-state index contributed by atoms with van der Waals surface area (Å²) < 4.78 is 37.6. The summed E-state index contributed by atoms with van der Waals surface area (Å²) in [5.74, 6) is -1.14. The Morgan fingerprint density at radius 3 is 2.16 bits per heavy atom. The first kappa shape index (κ1) is 14.6. The van der Waals surface area contributed by atoms with Crippen molar-refractivity contribution in [2.24, 2.45) is 23.5 Å². The van der Waals surface area contributed by atoms with Gasteiger partial charge in [0, 0.05) is 18.5 Å². The van der Waals surface area contributed by atoms with Gasteiger partial charge in [-0.1, -0.05) is 0 Å². The fourth-order valence-electron chi connectivity index (χ4n) is 2.85. The van der Waals surface area contributed by atoms with Crippen LogP contribution in [0.3, 0.4) is 0 Å². The molecule has 2 saturated carbocycles. The SMILES string of the molecule is NCC(NC(=O)C1CCC(C(F)(F)F)CC1)C1CC1. The third-order valence-electron chi connectivity index (χ3n) is 4.33. The molecular weight excluding hydrogens is 257 g/mol. The lowest BCUT2D eigenvalue weighted by Crippen LogP contribution is -2.45. The van der Waals surface area contributed by atoms with Crippen LogP contribution in [0.4, 0.5) is 13.2 Å². The van der Waals surface area contributed by atoms with Gasteiger partial charge < -0.3 is 11.1 Å². The zero-order valence-corrected chi connectivity index (χ0v) is 10.9. The fourth-order valence-corrected chi connectivity index (χ4v) is 2.85.